The van der Waals surface area contributed by atoms with Gasteiger partial charge < -0.3 is 0 Å². The van der Waals surface area contributed by atoms with E-state index in [9.17, 15) is 8.42 Å². The smallest absolute Gasteiger partial charge is 0.207 e. The molecule has 96 valence electrons. The summed E-state index contributed by atoms with van der Waals surface area (Å²) in [5, 5.41) is 0. The predicted octanol–water partition coefficient (Wildman–Crippen LogP) is 3.43. The highest BCUT2D eigenvalue weighted by Crippen LogP contribution is 2.28. The first-order chi connectivity index (χ1) is 7.77. The average Bonchev–Trinajstić information content (AvgIpc) is 2.22. The van der Waals surface area contributed by atoms with E-state index in [0.29, 0.717) is 4.47 Å². The third-order valence-electron chi connectivity index (χ3n) is 2.09. The van der Waals surface area contributed by atoms with Crippen LogP contribution in [0.3, 0.4) is 0 Å². The van der Waals surface area contributed by atoms with Crippen LogP contribution in [0.1, 0.15) is 12.5 Å². The molecule has 7 heteroatoms. The first-order valence-electron chi connectivity index (χ1n) is 4.82. The van der Waals surface area contributed by atoms with Gasteiger partial charge >= 0.3 is 0 Å². The van der Waals surface area contributed by atoms with Gasteiger partial charge in [-0.15, -0.1) is 11.6 Å². The van der Waals surface area contributed by atoms with Crippen molar-refractivity contribution < 1.29 is 8.42 Å². The molecule has 17 heavy (non-hydrogen) atoms. The Labute approximate surface area is 123 Å². The summed E-state index contributed by atoms with van der Waals surface area (Å²) in [6, 6.07) is 3.01. The molecule has 0 saturated heterocycles. The normalized spacial score (nSPS) is 13.7. The maximum Gasteiger partial charge on any atom is 0.242 e. The van der Waals surface area contributed by atoms with E-state index in [2.05, 4.69) is 36.6 Å². The Hall–Kier alpha value is 0.380. The summed E-state index contributed by atoms with van der Waals surface area (Å²) in [4.78, 5) is 0.201. The molecule has 0 spiro atoms. The van der Waals surface area contributed by atoms with Crippen molar-refractivity contribution in [1.29, 1.82) is 0 Å². The lowest BCUT2D eigenvalue weighted by atomic mass is 10.2. The topological polar surface area (TPSA) is 46.2 Å². The number of alkyl halides is 1. The molecule has 0 fully saturated rings. The molecule has 0 heterocycles. The fraction of sp³-hybridized carbons (Fsp3) is 0.400. The van der Waals surface area contributed by atoms with Crippen LogP contribution in [-0.2, 0) is 10.0 Å². The highest BCUT2D eigenvalue weighted by atomic mass is 79.9. The zero-order chi connectivity index (χ0) is 13.2. The number of benzene rings is 1. The molecular weight excluding hydrogens is 393 g/mol. The van der Waals surface area contributed by atoms with Crippen LogP contribution in [0, 0.1) is 6.92 Å². The van der Waals surface area contributed by atoms with Gasteiger partial charge in [-0.05, 0) is 47.5 Å². The van der Waals surface area contributed by atoms with Gasteiger partial charge in [0, 0.05) is 20.9 Å². The molecule has 0 aliphatic carbocycles. The number of hydrogen-bond acceptors (Lipinski definition) is 2. The van der Waals surface area contributed by atoms with Gasteiger partial charge in [-0.2, -0.15) is 0 Å². The van der Waals surface area contributed by atoms with Crippen molar-refractivity contribution >= 4 is 53.5 Å². The van der Waals surface area contributed by atoms with E-state index < -0.39 is 10.0 Å². The fourth-order valence-electron chi connectivity index (χ4n) is 1.19. The van der Waals surface area contributed by atoms with Gasteiger partial charge in [0.05, 0.1) is 4.90 Å². The number of nitrogens with one attached hydrogen (secondary N) is 1. The van der Waals surface area contributed by atoms with E-state index in [1.165, 1.54) is 0 Å². The maximum absolute atomic E-state index is 12.1. The maximum atomic E-state index is 12.1. The van der Waals surface area contributed by atoms with Crippen LogP contribution in [0.5, 0.6) is 0 Å². The lowest BCUT2D eigenvalue weighted by Crippen LogP contribution is -2.33. The predicted molar refractivity (Wildman–Crippen MR) is 77.1 cm³/mol. The number of sulfonamides is 1. The summed E-state index contributed by atoms with van der Waals surface area (Å²) in [5.41, 5.74) is 0.959. The molecule has 0 aliphatic rings. The molecule has 0 aliphatic heterocycles. The zero-order valence-electron chi connectivity index (χ0n) is 9.30. The lowest BCUT2D eigenvalue weighted by molar-refractivity contribution is 0.570. The summed E-state index contributed by atoms with van der Waals surface area (Å²) < 4.78 is 27.9. The Kier molecular flexibility index (Phi) is 5.46. The van der Waals surface area contributed by atoms with Crippen molar-refractivity contribution in [2.75, 3.05) is 5.88 Å². The van der Waals surface area contributed by atoms with Gasteiger partial charge in [-0.25, -0.2) is 13.1 Å². The number of halogens is 3. The van der Waals surface area contributed by atoms with Crippen molar-refractivity contribution in [3.8, 4) is 0 Å². The minimum absolute atomic E-state index is 0.201. The number of rotatable bonds is 4. The molecule has 0 bridgehead atoms. The molecule has 0 aromatic heterocycles. The monoisotopic (exact) mass is 403 g/mol. The van der Waals surface area contributed by atoms with Gasteiger partial charge in [0.2, 0.25) is 10.0 Å². The van der Waals surface area contributed by atoms with Crippen molar-refractivity contribution in [1.82, 2.24) is 4.72 Å². The average molecular weight is 406 g/mol. The summed E-state index contributed by atoms with van der Waals surface area (Å²) in [5.74, 6) is 0.226. The second kappa shape index (κ2) is 6.02. The second-order valence-corrected chi connectivity index (χ2v) is 7.41. The molecule has 0 saturated carbocycles. The quantitative estimate of drug-likeness (QED) is 0.780. The van der Waals surface area contributed by atoms with Crippen LogP contribution in [0.2, 0.25) is 0 Å². The fourth-order valence-corrected chi connectivity index (χ4v) is 4.28. The van der Waals surface area contributed by atoms with E-state index in [-0.39, 0.29) is 16.8 Å². The minimum Gasteiger partial charge on any atom is -0.207 e. The molecule has 1 aromatic rings. The van der Waals surface area contributed by atoms with Crippen LogP contribution >= 0.6 is 43.5 Å². The second-order valence-electron chi connectivity index (χ2n) is 3.71. The summed E-state index contributed by atoms with van der Waals surface area (Å²) in [7, 11) is -3.55. The minimum atomic E-state index is -3.55. The highest BCUT2D eigenvalue weighted by molar-refractivity contribution is 9.11. The third-order valence-corrected chi connectivity index (χ3v) is 5.96. The summed E-state index contributed by atoms with van der Waals surface area (Å²) in [6.45, 7) is 3.60. The molecule has 1 unspecified atom stereocenters. The first kappa shape index (κ1) is 15.4. The molecule has 3 nitrogen and oxygen atoms in total. The summed E-state index contributed by atoms with van der Waals surface area (Å²) in [6.07, 6.45) is 0. The van der Waals surface area contributed by atoms with E-state index in [1.54, 1.807) is 19.1 Å². The van der Waals surface area contributed by atoms with Crippen molar-refractivity contribution in [3.05, 3.63) is 26.6 Å². The van der Waals surface area contributed by atoms with Crippen molar-refractivity contribution in [2.24, 2.45) is 0 Å². The van der Waals surface area contributed by atoms with E-state index in [4.69, 9.17) is 11.6 Å². The standard InChI is InChI=1S/C10H12Br2ClNO2S/c1-6-3-9(12)10(4-8(6)11)17(15,16)14-7(2)5-13/h3-4,7,14H,5H2,1-2H3. The molecule has 1 aromatic carbocycles. The molecule has 1 N–H and O–H groups in total. The highest BCUT2D eigenvalue weighted by Gasteiger charge is 2.20. The van der Waals surface area contributed by atoms with E-state index in [0.717, 1.165) is 10.0 Å². The Morgan fingerprint density at radius 2 is 1.94 bits per heavy atom. The SMILES string of the molecule is Cc1cc(Br)c(S(=O)(=O)NC(C)CCl)cc1Br. The van der Waals surface area contributed by atoms with Gasteiger partial charge in [-0.1, -0.05) is 15.9 Å². The van der Waals surface area contributed by atoms with Crippen molar-refractivity contribution in [3.63, 3.8) is 0 Å². The van der Waals surface area contributed by atoms with Crippen LogP contribution in [-0.4, -0.2) is 20.3 Å². The Morgan fingerprint density at radius 1 is 1.35 bits per heavy atom. The number of hydrogen-bond donors (Lipinski definition) is 1. The van der Waals surface area contributed by atoms with Gasteiger partial charge in [0.25, 0.3) is 0 Å². The van der Waals surface area contributed by atoms with Gasteiger partial charge in [-0.3, -0.25) is 0 Å². The third kappa shape index (κ3) is 3.92. The molecule has 0 amide bonds. The molecule has 1 rings (SSSR count). The molecule has 1 atom stereocenters. The lowest BCUT2D eigenvalue weighted by Gasteiger charge is -2.13. The van der Waals surface area contributed by atoms with E-state index >= 15 is 0 Å². The Morgan fingerprint density at radius 3 is 2.47 bits per heavy atom. The van der Waals surface area contributed by atoms with Crippen LogP contribution in [0.15, 0.2) is 26.0 Å². The molecular formula is C10H12Br2ClNO2S. The zero-order valence-corrected chi connectivity index (χ0v) is 14.0. The number of aryl methyl sites for hydroxylation is 1. The van der Waals surface area contributed by atoms with Gasteiger partial charge in [0.1, 0.15) is 0 Å². The van der Waals surface area contributed by atoms with Crippen LogP contribution in [0.25, 0.3) is 0 Å². The van der Waals surface area contributed by atoms with Crippen molar-refractivity contribution in [2.45, 2.75) is 24.8 Å². The van der Waals surface area contributed by atoms with Crippen LogP contribution in [0.4, 0.5) is 0 Å². The summed E-state index contributed by atoms with van der Waals surface area (Å²) >= 11 is 12.2. The van der Waals surface area contributed by atoms with Gasteiger partial charge in [0.15, 0.2) is 0 Å². The Balaban J connectivity index is 3.20. The van der Waals surface area contributed by atoms with E-state index in [1.807, 2.05) is 6.92 Å². The molecule has 0 radical (unpaired) electrons. The van der Waals surface area contributed by atoms with Crippen LogP contribution < -0.4 is 4.72 Å². The largest absolute Gasteiger partial charge is 0.242 e. The Bertz CT molecular complexity index is 519. The first-order valence-corrected chi connectivity index (χ1v) is 8.42.